The third-order valence-corrected chi connectivity index (χ3v) is 4.53. The van der Waals surface area contributed by atoms with Crippen molar-refractivity contribution < 1.29 is 9.63 Å². The Morgan fingerprint density at radius 1 is 0.792 bits per heavy atom. The van der Waals surface area contributed by atoms with E-state index in [0.29, 0.717) is 6.42 Å². The Labute approximate surface area is 150 Å². The highest BCUT2D eigenvalue weighted by Gasteiger charge is 2.06. The Kier molecular flexibility index (Phi) is 17.9. The van der Waals surface area contributed by atoms with Gasteiger partial charge in [0.1, 0.15) is 0 Å². The van der Waals surface area contributed by atoms with Crippen LogP contribution in [0.1, 0.15) is 103 Å². The maximum absolute atomic E-state index is 11.5. The van der Waals surface area contributed by atoms with E-state index in [4.69, 9.17) is 4.84 Å². The van der Waals surface area contributed by atoms with Gasteiger partial charge in [-0.2, -0.15) is 0 Å². The van der Waals surface area contributed by atoms with Crippen LogP contribution in [0.15, 0.2) is 12.2 Å². The normalized spacial score (nSPS) is 11.3. The maximum Gasteiger partial charge on any atom is 0.245 e. The zero-order valence-corrected chi connectivity index (χ0v) is 16.5. The number of amides is 1. The van der Waals surface area contributed by atoms with Crippen molar-refractivity contribution in [1.29, 1.82) is 0 Å². The Morgan fingerprint density at radius 3 is 1.75 bits per heavy atom. The molecular weight excluding hydrogens is 298 g/mol. The van der Waals surface area contributed by atoms with Crippen molar-refractivity contribution in [1.82, 2.24) is 5.06 Å². The van der Waals surface area contributed by atoms with Gasteiger partial charge in [-0.15, -0.1) is 0 Å². The lowest BCUT2D eigenvalue weighted by molar-refractivity contribution is -0.168. The zero-order valence-electron chi connectivity index (χ0n) is 16.5. The topological polar surface area (TPSA) is 29.5 Å². The Bertz CT molecular complexity index is 302. The molecule has 0 saturated carbocycles. The fraction of sp³-hybridized carbons (Fsp3) is 0.857. The largest absolute Gasteiger partial charge is 0.275 e. The van der Waals surface area contributed by atoms with Gasteiger partial charge in [-0.1, -0.05) is 76.9 Å². The Morgan fingerprint density at radius 2 is 1.25 bits per heavy atom. The second-order valence-corrected chi connectivity index (χ2v) is 6.76. The lowest BCUT2D eigenvalue weighted by Crippen LogP contribution is -2.24. The number of carbonyl (C=O) groups excluding carboxylic acids is 1. The lowest BCUT2D eigenvalue weighted by atomic mass is 10.1. The van der Waals surface area contributed by atoms with Crippen molar-refractivity contribution in [2.75, 3.05) is 14.2 Å². The molecule has 0 saturated heterocycles. The van der Waals surface area contributed by atoms with Crippen LogP contribution in [0.5, 0.6) is 0 Å². The van der Waals surface area contributed by atoms with Crippen LogP contribution in [0.3, 0.4) is 0 Å². The van der Waals surface area contributed by atoms with Gasteiger partial charge in [0, 0.05) is 13.5 Å². The smallest absolute Gasteiger partial charge is 0.245 e. The number of rotatable bonds is 17. The Hall–Kier alpha value is -0.830. The minimum absolute atomic E-state index is 0.0784. The molecule has 0 aromatic carbocycles. The van der Waals surface area contributed by atoms with Crippen molar-refractivity contribution in [2.24, 2.45) is 0 Å². The van der Waals surface area contributed by atoms with Crippen molar-refractivity contribution in [3.8, 4) is 0 Å². The van der Waals surface area contributed by atoms with Gasteiger partial charge >= 0.3 is 0 Å². The molecule has 0 aliphatic rings. The highest BCUT2D eigenvalue weighted by Crippen LogP contribution is 2.11. The fourth-order valence-electron chi connectivity index (χ4n) is 2.78. The minimum atomic E-state index is 0.0784. The summed E-state index contributed by atoms with van der Waals surface area (Å²) in [6, 6.07) is 0. The van der Waals surface area contributed by atoms with Crippen LogP contribution in [0.4, 0.5) is 0 Å². The van der Waals surface area contributed by atoms with Gasteiger partial charge in [0.05, 0.1) is 7.11 Å². The molecule has 0 heterocycles. The van der Waals surface area contributed by atoms with Crippen LogP contribution < -0.4 is 0 Å². The average molecular weight is 340 g/mol. The summed E-state index contributed by atoms with van der Waals surface area (Å²) in [5.74, 6) is 0.0784. The molecule has 0 aliphatic carbocycles. The van der Waals surface area contributed by atoms with Crippen molar-refractivity contribution in [3.63, 3.8) is 0 Å². The molecule has 3 heteroatoms. The molecule has 0 fully saturated rings. The number of hydrogen-bond acceptors (Lipinski definition) is 2. The minimum Gasteiger partial charge on any atom is -0.275 e. The van der Waals surface area contributed by atoms with Crippen molar-refractivity contribution >= 4 is 5.91 Å². The lowest BCUT2D eigenvalue weighted by Gasteiger charge is -2.12. The van der Waals surface area contributed by atoms with Crippen LogP contribution in [-0.4, -0.2) is 25.1 Å². The van der Waals surface area contributed by atoms with Crippen LogP contribution in [0.25, 0.3) is 0 Å². The fourth-order valence-corrected chi connectivity index (χ4v) is 2.78. The molecule has 0 bridgehead atoms. The molecule has 0 spiro atoms. The standard InChI is InChI=1S/C21H41NO2/c1-4-5-6-7-8-9-10-11-12-13-14-15-16-17-18-19-20-21(23)22(2)24-3/h10-11H,4-9,12-20H2,1-3H3/b11-10-. The van der Waals surface area contributed by atoms with Gasteiger partial charge in [-0.3, -0.25) is 9.63 Å². The van der Waals surface area contributed by atoms with E-state index in [2.05, 4.69) is 19.1 Å². The van der Waals surface area contributed by atoms with Gasteiger partial charge in [0.25, 0.3) is 0 Å². The first-order valence-corrected chi connectivity index (χ1v) is 10.2. The van der Waals surface area contributed by atoms with Gasteiger partial charge < -0.3 is 0 Å². The number of allylic oxidation sites excluding steroid dienone is 2. The number of hydrogen-bond donors (Lipinski definition) is 0. The molecule has 24 heavy (non-hydrogen) atoms. The summed E-state index contributed by atoms with van der Waals surface area (Å²) >= 11 is 0. The number of hydroxylamine groups is 2. The molecule has 0 rings (SSSR count). The Balaban J connectivity index is 3.18. The number of nitrogens with zero attached hydrogens (tertiary/aromatic N) is 1. The molecule has 1 amide bonds. The van der Waals surface area contributed by atoms with Gasteiger partial charge in [-0.05, 0) is 32.1 Å². The van der Waals surface area contributed by atoms with E-state index in [-0.39, 0.29) is 5.91 Å². The molecular formula is C21H41NO2. The average Bonchev–Trinajstić information content (AvgIpc) is 2.60. The first-order chi connectivity index (χ1) is 11.7. The summed E-state index contributed by atoms with van der Waals surface area (Å²) in [4.78, 5) is 16.4. The molecule has 0 N–H and O–H groups in total. The monoisotopic (exact) mass is 339 g/mol. The second kappa shape index (κ2) is 18.5. The van der Waals surface area contributed by atoms with Gasteiger partial charge in [0.15, 0.2) is 0 Å². The van der Waals surface area contributed by atoms with Crippen LogP contribution in [-0.2, 0) is 9.63 Å². The van der Waals surface area contributed by atoms with E-state index in [1.165, 1.54) is 89.2 Å². The van der Waals surface area contributed by atoms with E-state index >= 15 is 0 Å². The summed E-state index contributed by atoms with van der Waals surface area (Å²) in [7, 11) is 3.20. The van der Waals surface area contributed by atoms with E-state index in [1.807, 2.05) is 0 Å². The quantitative estimate of drug-likeness (QED) is 0.173. The second-order valence-electron chi connectivity index (χ2n) is 6.76. The molecule has 142 valence electrons. The first-order valence-electron chi connectivity index (χ1n) is 10.2. The summed E-state index contributed by atoms with van der Waals surface area (Å²) in [6.07, 6.45) is 23.4. The van der Waals surface area contributed by atoms with Gasteiger partial charge in [-0.25, -0.2) is 5.06 Å². The summed E-state index contributed by atoms with van der Waals surface area (Å²) < 4.78 is 0. The third-order valence-electron chi connectivity index (χ3n) is 4.53. The SMILES string of the molecule is CCCCCCC/C=C\CCCCCCCCCC(=O)N(C)OC. The molecule has 0 unspecified atom stereocenters. The first kappa shape index (κ1) is 23.2. The third kappa shape index (κ3) is 16.0. The number of carbonyl (C=O) groups is 1. The molecule has 0 atom stereocenters. The summed E-state index contributed by atoms with van der Waals surface area (Å²) in [6.45, 7) is 2.27. The van der Waals surface area contributed by atoms with Crippen molar-refractivity contribution in [2.45, 2.75) is 103 Å². The molecule has 0 aromatic rings. The van der Waals surface area contributed by atoms with Crippen LogP contribution >= 0.6 is 0 Å². The molecule has 3 nitrogen and oxygen atoms in total. The highest BCUT2D eigenvalue weighted by molar-refractivity contribution is 5.74. The van der Waals surface area contributed by atoms with E-state index in [0.717, 1.165) is 12.8 Å². The van der Waals surface area contributed by atoms with Gasteiger partial charge in [0.2, 0.25) is 5.91 Å². The van der Waals surface area contributed by atoms with E-state index < -0.39 is 0 Å². The molecule has 0 aliphatic heterocycles. The predicted octanol–water partition coefficient (Wildman–Crippen LogP) is 6.43. The van der Waals surface area contributed by atoms with E-state index in [9.17, 15) is 4.79 Å². The van der Waals surface area contributed by atoms with E-state index in [1.54, 1.807) is 7.05 Å². The number of unbranched alkanes of at least 4 members (excludes halogenated alkanes) is 12. The molecule has 0 aromatic heterocycles. The summed E-state index contributed by atoms with van der Waals surface area (Å²) in [5, 5.41) is 1.32. The van der Waals surface area contributed by atoms with Crippen LogP contribution in [0, 0.1) is 0 Å². The van der Waals surface area contributed by atoms with Crippen molar-refractivity contribution in [3.05, 3.63) is 12.2 Å². The zero-order chi connectivity index (χ0) is 17.9. The predicted molar refractivity (Wildman–Crippen MR) is 104 cm³/mol. The van der Waals surface area contributed by atoms with Crippen LogP contribution in [0.2, 0.25) is 0 Å². The maximum atomic E-state index is 11.5. The highest BCUT2D eigenvalue weighted by atomic mass is 16.7. The summed E-state index contributed by atoms with van der Waals surface area (Å²) in [5.41, 5.74) is 0. The molecule has 0 radical (unpaired) electrons.